The van der Waals surface area contributed by atoms with Gasteiger partial charge in [-0.05, 0) is 31.9 Å². The third kappa shape index (κ3) is 3.34. The van der Waals surface area contributed by atoms with Gasteiger partial charge in [0.1, 0.15) is 4.34 Å². The van der Waals surface area contributed by atoms with Crippen LogP contribution in [0.5, 0.6) is 0 Å². The van der Waals surface area contributed by atoms with Crippen molar-refractivity contribution in [2.24, 2.45) is 5.73 Å². The summed E-state index contributed by atoms with van der Waals surface area (Å²) in [6.45, 7) is 6.24. The highest BCUT2D eigenvalue weighted by Crippen LogP contribution is 2.27. The largest absolute Gasteiger partial charge is 0.323 e. The summed E-state index contributed by atoms with van der Waals surface area (Å²) in [5.41, 5.74) is 11.1. The Balaban J connectivity index is 2.03. The Morgan fingerprint density at radius 3 is 2.78 bits per heavy atom. The maximum atomic E-state index is 6.28. The van der Waals surface area contributed by atoms with E-state index in [4.69, 9.17) is 5.73 Å². The highest BCUT2D eigenvalue weighted by atomic mass is 32.2. The standard InChI is InChI=1S/C14H18N2S2/c1-9-4-5-10(2)12(6-9)13(15)8-18-14-16-11(3)7-17-14/h4-7,13H,8,15H2,1-3H3. The molecule has 1 aromatic heterocycles. The first-order chi connectivity index (χ1) is 8.56. The molecule has 2 aromatic rings. The Morgan fingerprint density at radius 2 is 2.11 bits per heavy atom. The molecule has 0 bridgehead atoms. The Kier molecular flexibility index (Phi) is 4.43. The highest BCUT2D eigenvalue weighted by Gasteiger charge is 2.11. The van der Waals surface area contributed by atoms with Crippen molar-refractivity contribution < 1.29 is 0 Å². The van der Waals surface area contributed by atoms with Gasteiger partial charge in [-0.2, -0.15) is 0 Å². The van der Waals surface area contributed by atoms with Crippen molar-refractivity contribution in [3.63, 3.8) is 0 Å². The van der Waals surface area contributed by atoms with Crippen LogP contribution in [0.4, 0.5) is 0 Å². The van der Waals surface area contributed by atoms with E-state index in [-0.39, 0.29) is 6.04 Å². The predicted molar refractivity (Wildman–Crippen MR) is 80.4 cm³/mol. The fraction of sp³-hybridized carbons (Fsp3) is 0.357. The molecule has 2 rings (SSSR count). The van der Waals surface area contributed by atoms with Gasteiger partial charge >= 0.3 is 0 Å². The smallest absolute Gasteiger partial charge is 0.150 e. The maximum absolute atomic E-state index is 6.28. The Hall–Kier alpha value is -0.840. The molecule has 0 saturated carbocycles. The summed E-state index contributed by atoms with van der Waals surface area (Å²) in [4.78, 5) is 4.44. The molecule has 0 fully saturated rings. The minimum absolute atomic E-state index is 0.0686. The van der Waals surface area contributed by atoms with Gasteiger partial charge in [0.15, 0.2) is 0 Å². The Bertz CT molecular complexity index is 534. The second kappa shape index (κ2) is 5.87. The first-order valence-electron chi connectivity index (χ1n) is 5.94. The fourth-order valence-electron chi connectivity index (χ4n) is 1.81. The first kappa shape index (κ1) is 13.6. The number of thioether (sulfide) groups is 1. The molecule has 0 spiro atoms. The number of thiazole rings is 1. The molecule has 1 atom stereocenters. The van der Waals surface area contributed by atoms with E-state index >= 15 is 0 Å². The third-order valence-electron chi connectivity index (χ3n) is 2.82. The molecule has 2 nitrogen and oxygen atoms in total. The summed E-state index contributed by atoms with van der Waals surface area (Å²) in [5.74, 6) is 0.872. The van der Waals surface area contributed by atoms with E-state index in [1.165, 1.54) is 16.7 Å². The molecular formula is C14H18N2S2. The molecule has 18 heavy (non-hydrogen) atoms. The van der Waals surface area contributed by atoms with E-state index < -0.39 is 0 Å². The fourth-order valence-corrected chi connectivity index (χ4v) is 3.66. The third-order valence-corrected chi connectivity index (χ3v) is 5.08. The monoisotopic (exact) mass is 278 g/mol. The lowest BCUT2D eigenvalue weighted by molar-refractivity contribution is 0.820. The lowest BCUT2D eigenvalue weighted by atomic mass is 10.0. The number of nitrogens with two attached hydrogens (primary N) is 1. The summed E-state index contributed by atoms with van der Waals surface area (Å²) in [5, 5.41) is 2.08. The SMILES string of the molecule is Cc1ccc(C)c(C(N)CSc2nc(C)cs2)c1. The van der Waals surface area contributed by atoms with E-state index in [9.17, 15) is 0 Å². The highest BCUT2D eigenvalue weighted by molar-refractivity contribution is 8.01. The molecule has 1 aromatic carbocycles. The molecule has 0 radical (unpaired) electrons. The average Bonchev–Trinajstić information content (AvgIpc) is 2.75. The van der Waals surface area contributed by atoms with Gasteiger partial charge in [-0.1, -0.05) is 35.5 Å². The lowest BCUT2D eigenvalue weighted by Crippen LogP contribution is -2.14. The zero-order valence-corrected chi connectivity index (χ0v) is 12.6. The van der Waals surface area contributed by atoms with E-state index in [2.05, 4.69) is 42.4 Å². The molecule has 96 valence electrons. The van der Waals surface area contributed by atoms with Crippen LogP contribution in [0.25, 0.3) is 0 Å². The maximum Gasteiger partial charge on any atom is 0.150 e. The van der Waals surface area contributed by atoms with Gasteiger partial charge in [-0.3, -0.25) is 0 Å². The number of aryl methyl sites for hydroxylation is 3. The second-order valence-corrected chi connectivity index (χ2v) is 6.66. The Morgan fingerprint density at radius 1 is 1.33 bits per heavy atom. The second-order valence-electron chi connectivity index (χ2n) is 4.53. The van der Waals surface area contributed by atoms with Crippen LogP contribution in [0.1, 0.15) is 28.4 Å². The van der Waals surface area contributed by atoms with Gasteiger partial charge in [0, 0.05) is 22.9 Å². The van der Waals surface area contributed by atoms with Crippen molar-refractivity contribution >= 4 is 23.1 Å². The normalized spacial score (nSPS) is 12.7. The van der Waals surface area contributed by atoms with Crippen LogP contribution in [-0.2, 0) is 0 Å². The average molecular weight is 278 g/mol. The Labute approximate surface area is 117 Å². The first-order valence-corrected chi connectivity index (χ1v) is 7.80. The van der Waals surface area contributed by atoms with Crippen molar-refractivity contribution in [1.82, 2.24) is 4.98 Å². The number of benzene rings is 1. The predicted octanol–water partition coefficient (Wildman–Crippen LogP) is 3.86. The summed E-state index contributed by atoms with van der Waals surface area (Å²) in [6.07, 6.45) is 0. The van der Waals surface area contributed by atoms with E-state index in [1.807, 2.05) is 6.92 Å². The number of nitrogens with zero attached hydrogens (tertiary/aromatic N) is 1. The van der Waals surface area contributed by atoms with Crippen LogP contribution in [0.15, 0.2) is 27.9 Å². The molecular weight excluding hydrogens is 260 g/mol. The molecule has 1 heterocycles. The number of hydrogen-bond donors (Lipinski definition) is 1. The molecule has 0 saturated heterocycles. The van der Waals surface area contributed by atoms with Crippen LogP contribution >= 0.6 is 23.1 Å². The molecule has 0 aliphatic carbocycles. The molecule has 0 aliphatic rings. The van der Waals surface area contributed by atoms with Crippen molar-refractivity contribution in [2.75, 3.05) is 5.75 Å². The van der Waals surface area contributed by atoms with Crippen LogP contribution < -0.4 is 5.73 Å². The van der Waals surface area contributed by atoms with Crippen LogP contribution in [-0.4, -0.2) is 10.7 Å². The van der Waals surface area contributed by atoms with Gasteiger partial charge < -0.3 is 5.73 Å². The summed E-state index contributed by atoms with van der Waals surface area (Å²) in [7, 11) is 0. The van der Waals surface area contributed by atoms with Crippen molar-refractivity contribution in [3.05, 3.63) is 46.0 Å². The molecule has 2 N–H and O–H groups in total. The zero-order valence-electron chi connectivity index (χ0n) is 10.9. The topological polar surface area (TPSA) is 38.9 Å². The number of aromatic nitrogens is 1. The molecule has 1 unspecified atom stereocenters. The van der Waals surface area contributed by atoms with E-state index in [0.29, 0.717) is 0 Å². The zero-order chi connectivity index (χ0) is 13.1. The summed E-state index contributed by atoms with van der Waals surface area (Å²) in [6, 6.07) is 6.53. The van der Waals surface area contributed by atoms with Crippen LogP contribution in [0, 0.1) is 20.8 Å². The molecule has 0 aliphatic heterocycles. The van der Waals surface area contributed by atoms with Gasteiger partial charge in [-0.25, -0.2) is 4.98 Å². The van der Waals surface area contributed by atoms with Crippen molar-refractivity contribution in [3.8, 4) is 0 Å². The van der Waals surface area contributed by atoms with Crippen molar-refractivity contribution in [1.29, 1.82) is 0 Å². The lowest BCUT2D eigenvalue weighted by Gasteiger charge is -2.14. The van der Waals surface area contributed by atoms with E-state index in [1.54, 1.807) is 23.1 Å². The molecule has 0 amide bonds. The van der Waals surface area contributed by atoms with Gasteiger partial charge in [0.2, 0.25) is 0 Å². The van der Waals surface area contributed by atoms with Crippen molar-refractivity contribution in [2.45, 2.75) is 31.2 Å². The molecule has 4 heteroatoms. The number of rotatable bonds is 4. The van der Waals surface area contributed by atoms with Crippen LogP contribution in [0.3, 0.4) is 0 Å². The van der Waals surface area contributed by atoms with Gasteiger partial charge in [-0.15, -0.1) is 11.3 Å². The number of hydrogen-bond acceptors (Lipinski definition) is 4. The summed E-state index contributed by atoms with van der Waals surface area (Å²) >= 11 is 3.43. The van der Waals surface area contributed by atoms with Gasteiger partial charge in [0.25, 0.3) is 0 Å². The summed E-state index contributed by atoms with van der Waals surface area (Å²) < 4.78 is 1.10. The quantitative estimate of drug-likeness (QED) is 0.863. The van der Waals surface area contributed by atoms with Gasteiger partial charge in [0.05, 0.1) is 0 Å². The van der Waals surface area contributed by atoms with Crippen LogP contribution in [0.2, 0.25) is 0 Å². The van der Waals surface area contributed by atoms with E-state index in [0.717, 1.165) is 15.8 Å². The minimum atomic E-state index is 0.0686. The minimum Gasteiger partial charge on any atom is -0.323 e.